The second-order valence-electron chi connectivity index (χ2n) is 7.99. The molecule has 1 aromatic carbocycles. The van der Waals surface area contributed by atoms with Crippen LogP contribution in [-0.4, -0.2) is 43.4 Å². The number of ether oxygens (including phenoxy) is 2. The number of furan rings is 1. The summed E-state index contributed by atoms with van der Waals surface area (Å²) >= 11 is 7.21. The highest BCUT2D eigenvalue weighted by Crippen LogP contribution is 2.35. The molecule has 0 saturated carbocycles. The molecule has 0 fully saturated rings. The lowest BCUT2D eigenvalue weighted by Gasteiger charge is -2.09. The van der Waals surface area contributed by atoms with Crippen molar-refractivity contribution in [3.8, 4) is 5.75 Å². The number of anilines is 1. The summed E-state index contributed by atoms with van der Waals surface area (Å²) in [7, 11) is 3.23. The van der Waals surface area contributed by atoms with Crippen LogP contribution < -0.4 is 10.1 Å². The van der Waals surface area contributed by atoms with Crippen LogP contribution >= 0.6 is 22.9 Å². The van der Waals surface area contributed by atoms with Crippen molar-refractivity contribution >= 4 is 45.7 Å². The zero-order valence-corrected chi connectivity index (χ0v) is 21.8. The summed E-state index contributed by atoms with van der Waals surface area (Å²) in [6, 6.07) is 8.57. The molecule has 0 radical (unpaired) electrons. The molecule has 3 rings (SSSR count). The van der Waals surface area contributed by atoms with Gasteiger partial charge in [-0.15, -0.1) is 11.3 Å². The van der Waals surface area contributed by atoms with Gasteiger partial charge in [-0.3, -0.25) is 9.59 Å². The number of hydrogen-bond donors (Lipinski definition) is 1. The van der Waals surface area contributed by atoms with Gasteiger partial charge in [0, 0.05) is 14.1 Å². The number of halogens is 1. The summed E-state index contributed by atoms with van der Waals surface area (Å²) in [4.78, 5) is 40.0. The Labute approximate surface area is 212 Å². The van der Waals surface area contributed by atoms with Gasteiger partial charge in [0.15, 0.2) is 5.76 Å². The maximum Gasteiger partial charge on any atom is 0.341 e. The van der Waals surface area contributed by atoms with Crippen LogP contribution in [0.15, 0.2) is 34.7 Å². The third kappa shape index (κ3) is 6.04. The normalized spacial score (nSPS) is 10.7. The smallest absolute Gasteiger partial charge is 0.341 e. The van der Waals surface area contributed by atoms with Crippen molar-refractivity contribution < 1.29 is 28.3 Å². The second kappa shape index (κ2) is 11.4. The minimum atomic E-state index is -0.600. The molecule has 0 aliphatic carbocycles. The molecule has 0 unspecified atom stereocenters. The Hall–Kier alpha value is -3.30. The second-order valence-corrected chi connectivity index (χ2v) is 9.42. The number of hydrogen-bond acceptors (Lipinski definition) is 7. The van der Waals surface area contributed by atoms with Crippen LogP contribution in [0.4, 0.5) is 5.00 Å². The molecule has 0 saturated heterocycles. The number of benzene rings is 1. The Balaban J connectivity index is 1.80. The molecule has 0 bridgehead atoms. The lowest BCUT2D eigenvalue weighted by molar-refractivity contribution is 0.0506. The molecule has 10 heteroatoms. The lowest BCUT2D eigenvalue weighted by Crippen LogP contribution is -2.21. The summed E-state index contributed by atoms with van der Waals surface area (Å²) in [5, 5.41) is 3.40. The van der Waals surface area contributed by atoms with E-state index < -0.39 is 11.9 Å². The largest absolute Gasteiger partial charge is 0.484 e. The molecular formula is C25H27ClN2O6S. The van der Waals surface area contributed by atoms with Crippen molar-refractivity contribution in [2.45, 2.75) is 33.8 Å². The Morgan fingerprint density at radius 3 is 2.54 bits per heavy atom. The van der Waals surface area contributed by atoms with Gasteiger partial charge in [-0.1, -0.05) is 30.7 Å². The van der Waals surface area contributed by atoms with E-state index in [2.05, 4.69) is 5.32 Å². The molecule has 8 nitrogen and oxygen atoms in total. The van der Waals surface area contributed by atoms with Crippen LogP contribution in [0.2, 0.25) is 5.02 Å². The van der Waals surface area contributed by atoms with E-state index in [1.165, 1.54) is 11.0 Å². The quantitative estimate of drug-likeness (QED) is 0.364. The van der Waals surface area contributed by atoms with Gasteiger partial charge in [0.05, 0.1) is 22.1 Å². The third-order valence-corrected chi connectivity index (χ3v) is 6.52. The average molecular weight is 519 g/mol. The van der Waals surface area contributed by atoms with Crippen LogP contribution in [-0.2, 0) is 11.3 Å². The van der Waals surface area contributed by atoms with Crippen molar-refractivity contribution in [3.05, 3.63) is 68.4 Å². The van der Waals surface area contributed by atoms with E-state index >= 15 is 0 Å². The molecule has 2 heterocycles. The molecule has 0 atom stereocenters. The minimum Gasteiger partial charge on any atom is -0.484 e. The van der Waals surface area contributed by atoms with E-state index in [1.807, 2.05) is 26.0 Å². The van der Waals surface area contributed by atoms with Gasteiger partial charge in [-0.25, -0.2) is 4.79 Å². The summed E-state index contributed by atoms with van der Waals surface area (Å²) in [6.07, 6.45) is 0.644. The van der Waals surface area contributed by atoms with Crippen LogP contribution in [0.3, 0.4) is 0 Å². The first-order chi connectivity index (χ1) is 16.6. The van der Waals surface area contributed by atoms with Crippen LogP contribution in [0.5, 0.6) is 5.75 Å². The molecule has 1 N–H and O–H groups in total. The number of nitrogens with zero attached hydrogens (tertiary/aromatic N) is 1. The predicted molar refractivity (Wildman–Crippen MR) is 135 cm³/mol. The summed E-state index contributed by atoms with van der Waals surface area (Å²) < 4.78 is 16.7. The van der Waals surface area contributed by atoms with Crippen molar-refractivity contribution in [1.29, 1.82) is 0 Å². The van der Waals surface area contributed by atoms with Crippen molar-refractivity contribution in [2.24, 2.45) is 0 Å². The number of amides is 2. The van der Waals surface area contributed by atoms with Gasteiger partial charge in [0.25, 0.3) is 11.8 Å². The van der Waals surface area contributed by atoms with Gasteiger partial charge in [0.2, 0.25) is 0 Å². The lowest BCUT2D eigenvalue weighted by atomic mass is 10.1. The maximum absolute atomic E-state index is 12.9. The minimum absolute atomic E-state index is 0.0268. The molecule has 0 aliphatic rings. The Kier molecular flexibility index (Phi) is 8.58. The first kappa shape index (κ1) is 26.3. The zero-order chi connectivity index (χ0) is 25.7. The number of thiophene rings is 1. The highest BCUT2D eigenvalue weighted by atomic mass is 35.5. The van der Waals surface area contributed by atoms with E-state index in [0.29, 0.717) is 33.4 Å². The number of carbonyl (C=O) groups excluding carboxylic acids is 3. The molecule has 186 valence electrons. The SMILES string of the molecule is CCCOC(=O)c1c(NC(=O)c2ccc(COc3c(C)cccc3Cl)o2)sc(C(=O)N(C)C)c1C. The Morgan fingerprint density at radius 2 is 1.89 bits per heavy atom. The van der Waals surface area contributed by atoms with Crippen molar-refractivity contribution in [3.63, 3.8) is 0 Å². The fourth-order valence-corrected chi connectivity index (χ4v) is 4.69. The highest BCUT2D eigenvalue weighted by Gasteiger charge is 2.28. The Bertz CT molecular complexity index is 1230. The molecule has 2 aromatic heterocycles. The maximum atomic E-state index is 12.9. The molecule has 0 spiro atoms. The van der Waals surface area contributed by atoms with Gasteiger partial charge >= 0.3 is 5.97 Å². The van der Waals surface area contributed by atoms with Gasteiger partial charge in [-0.05, 0) is 49.6 Å². The number of para-hydroxylation sites is 1. The number of nitrogens with one attached hydrogen (secondary N) is 1. The van der Waals surface area contributed by atoms with E-state index in [1.54, 1.807) is 33.2 Å². The van der Waals surface area contributed by atoms with Crippen LogP contribution in [0.1, 0.15) is 60.8 Å². The fourth-order valence-electron chi connectivity index (χ4n) is 3.21. The number of aryl methyl sites for hydroxylation is 1. The third-order valence-electron chi connectivity index (χ3n) is 5.02. The summed E-state index contributed by atoms with van der Waals surface area (Å²) in [5.74, 6) is -0.456. The van der Waals surface area contributed by atoms with Gasteiger partial charge in [0.1, 0.15) is 23.1 Å². The van der Waals surface area contributed by atoms with E-state index in [-0.39, 0.29) is 35.4 Å². The van der Waals surface area contributed by atoms with Gasteiger partial charge in [-0.2, -0.15) is 0 Å². The Morgan fingerprint density at radius 1 is 1.14 bits per heavy atom. The molecule has 0 aliphatic heterocycles. The predicted octanol–water partition coefficient (Wildman–Crippen LogP) is 5.71. The van der Waals surface area contributed by atoms with E-state index in [4.69, 9.17) is 25.5 Å². The van der Waals surface area contributed by atoms with Crippen LogP contribution in [0.25, 0.3) is 0 Å². The molecule has 2 amide bonds. The number of esters is 1. The van der Waals surface area contributed by atoms with Crippen molar-refractivity contribution in [1.82, 2.24) is 4.90 Å². The number of carbonyl (C=O) groups is 3. The highest BCUT2D eigenvalue weighted by molar-refractivity contribution is 7.18. The molecule has 3 aromatic rings. The zero-order valence-electron chi connectivity index (χ0n) is 20.2. The first-order valence-electron chi connectivity index (χ1n) is 10.9. The topological polar surface area (TPSA) is 98.1 Å². The van der Waals surface area contributed by atoms with Crippen molar-refractivity contribution in [2.75, 3.05) is 26.0 Å². The molecule has 35 heavy (non-hydrogen) atoms. The standard InChI is InChI=1S/C25H27ClN2O6S/c1-6-12-32-25(31)19-15(3)21(24(30)28(4)5)35-23(19)27-22(29)18-11-10-16(34-18)13-33-20-14(2)8-7-9-17(20)26/h7-11H,6,12-13H2,1-5H3,(H,27,29). The summed E-state index contributed by atoms with van der Waals surface area (Å²) in [5.41, 5.74) is 1.49. The summed E-state index contributed by atoms with van der Waals surface area (Å²) in [6.45, 7) is 5.72. The van der Waals surface area contributed by atoms with Crippen LogP contribution in [0, 0.1) is 13.8 Å². The van der Waals surface area contributed by atoms with Gasteiger partial charge < -0.3 is 24.1 Å². The fraction of sp³-hybridized carbons (Fsp3) is 0.320. The van der Waals surface area contributed by atoms with E-state index in [9.17, 15) is 14.4 Å². The average Bonchev–Trinajstić information content (AvgIpc) is 3.41. The van der Waals surface area contributed by atoms with E-state index in [0.717, 1.165) is 16.9 Å². The monoisotopic (exact) mass is 518 g/mol. The number of rotatable bonds is 9. The first-order valence-corrected chi connectivity index (χ1v) is 12.1. The molecular weight excluding hydrogens is 492 g/mol.